The van der Waals surface area contributed by atoms with Crippen molar-refractivity contribution in [2.75, 3.05) is 26.8 Å². The summed E-state index contributed by atoms with van der Waals surface area (Å²) in [6, 6.07) is 9.47. The van der Waals surface area contributed by atoms with Crippen molar-refractivity contribution < 1.29 is 14.3 Å². The summed E-state index contributed by atoms with van der Waals surface area (Å²) in [7, 11) is 1.65. The molecule has 2 heterocycles. The summed E-state index contributed by atoms with van der Waals surface area (Å²) in [5.41, 5.74) is 1.56. The lowest BCUT2D eigenvalue weighted by molar-refractivity contribution is 0.0626. The molecule has 1 aliphatic heterocycles. The first-order valence-corrected chi connectivity index (χ1v) is 9.21. The first-order chi connectivity index (χ1) is 12.6. The Bertz CT molecular complexity index is 739. The topological polar surface area (TPSA) is 56.6 Å². The van der Waals surface area contributed by atoms with Gasteiger partial charge in [-0.25, -0.2) is 0 Å². The maximum absolute atomic E-state index is 12.8. The Morgan fingerprint density at radius 1 is 1.27 bits per heavy atom. The maximum atomic E-state index is 12.8. The number of methoxy groups -OCH3 is 1. The number of piperidine rings is 1. The molecule has 3 rings (SSSR count). The number of benzene rings is 1. The van der Waals surface area contributed by atoms with E-state index in [1.165, 1.54) is 0 Å². The Morgan fingerprint density at radius 3 is 2.65 bits per heavy atom. The molecule has 0 radical (unpaired) electrons. The molecule has 1 atom stereocenters. The molecule has 1 aromatic carbocycles. The molecule has 2 aromatic rings. The highest BCUT2D eigenvalue weighted by atomic mass is 16.5. The highest BCUT2D eigenvalue weighted by Gasteiger charge is 2.26. The average Bonchev–Trinajstić information content (AvgIpc) is 3.07. The van der Waals surface area contributed by atoms with Gasteiger partial charge >= 0.3 is 0 Å². The van der Waals surface area contributed by atoms with Gasteiger partial charge in [0.05, 0.1) is 13.7 Å². The second kappa shape index (κ2) is 8.25. The van der Waals surface area contributed by atoms with Crippen molar-refractivity contribution in [3.8, 4) is 11.5 Å². The highest BCUT2D eigenvalue weighted by molar-refractivity contribution is 5.92. The van der Waals surface area contributed by atoms with Crippen LogP contribution >= 0.6 is 0 Å². The Kier molecular flexibility index (Phi) is 5.81. The quantitative estimate of drug-likeness (QED) is 0.797. The van der Waals surface area contributed by atoms with E-state index in [-0.39, 0.29) is 5.91 Å². The number of likely N-dealkylation sites (tertiary alicyclic amines) is 1. The summed E-state index contributed by atoms with van der Waals surface area (Å²) >= 11 is 0. The number of amides is 1. The Hall–Kier alpha value is -2.50. The summed E-state index contributed by atoms with van der Waals surface area (Å²) in [6.45, 7) is 6.90. The SMILES string of the molecule is CCn1nc(C(=O)N2CCC[C@@H](COc3ccc(OC)cc3)C2)cc1C. The molecule has 0 bridgehead atoms. The molecular weight excluding hydrogens is 330 g/mol. The monoisotopic (exact) mass is 357 g/mol. The molecule has 0 N–H and O–H groups in total. The number of ether oxygens (including phenoxy) is 2. The number of rotatable bonds is 6. The highest BCUT2D eigenvalue weighted by Crippen LogP contribution is 2.22. The third kappa shape index (κ3) is 4.18. The predicted molar refractivity (Wildman–Crippen MR) is 99.8 cm³/mol. The number of carbonyl (C=O) groups excluding carboxylic acids is 1. The van der Waals surface area contributed by atoms with Gasteiger partial charge in [-0.1, -0.05) is 0 Å². The van der Waals surface area contributed by atoms with Crippen LogP contribution in [0.15, 0.2) is 30.3 Å². The molecule has 6 nitrogen and oxygen atoms in total. The second-order valence-corrected chi connectivity index (χ2v) is 6.73. The van der Waals surface area contributed by atoms with Gasteiger partial charge in [-0.2, -0.15) is 5.10 Å². The van der Waals surface area contributed by atoms with E-state index in [0.29, 0.717) is 24.8 Å². The summed E-state index contributed by atoms with van der Waals surface area (Å²) in [6.07, 6.45) is 2.07. The standard InChI is InChI=1S/C20H27N3O3/c1-4-23-15(2)12-19(21-23)20(24)22-11-5-6-16(13-22)14-26-18-9-7-17(25-3)8-10-18/h7-10,12,16H,4-6,11,13-14H2,1-3H3/t16-/m1/s1. The van der Waals surface area contributed by atoms with Crippen LogP contribution in [0.5, 0.6) is 11.5 Å². The van der Waals surface area contributed by atoms with Crippen LogP contribution in [0.1, 0.15) is 35.9 Å². The lowest BCUT2D eigenvalue weighted by Gasteiger charge is -2.32. The Morgan fingerprint density at radius 2 is 2.00 bits per heavy atom. The zero-order valence-electron chi connectivity index (χ0n) is 15.8. The Labute approximate surface area is 154 Å². The van der Waals surface area contributed by atoms with Gasteiger partial charge in [-0.15, -0.1) is 0 Å². The fraction of sp³-hybridized carbons (Fsp3) is 0.500. The minimum Gasteiger partial charge on any atom is -0.497 e. The van der Waals surface area contributed by atoms with Crippen molar-refractivity contribution in [3.63, 3.8) is 0 Å². The molecule has 0 spiro atoms. The molecule has 0 aliphatic carbocycles. The van der Waals surface area contributed by atoms with Gasteiger partial charge in [0, 0.05) is 31.2 Å². The molecule has 1 aliphatic rings. The molecule has 1 amide bonds. The van der Waals surface area contributed by atoms with E-state index in [2.05, 4.69) is 5.10 Å². The van der Waals surface area contributed by atoms with Crippen LogP contribution in [0.25, 0.3) is 0 Å². The maximum Gasteiger partial charge on any atom is 0.274 e. The van der Waals surface area contributed by atoms with Crippen LogP contribution in [-0.4, -0.2) is 47.4 Å². The van der Waals surface area contributed by atoms with Crippen LogP contribution in [0.3, 0.4) is 0 Å². The molecule has 26 heavy (non-hydrogen) atoms. The third-order valence-electron chi connectivity index (χ3n) is 4.85. The third-order valence-corrected chi connectivity index (χ3v) is 4.85. The second-order valence-electron chi connectivity index (χ2n) is 6.73. The number of aryl methyl sites for hydroxylation is 2. The number of hydrogen-bond acceptors (Lipinski definition) is 4. The number of hydrogen-bond donors (Lipinski definition) is 0. The molecule has 1 fully saturated rings. The first kappa shape index (κ1) is 18.3. The minimum atomic E-state index is 0.0226. The fourth-order valence-corrected chi connectivity index (χ4v) is 3.37. The van der Waals surface area contributed by atoms with Crippen molar-refractivity contribution in [1.29, 1.82) is 0 Å². The smallest absolute Gasteiger partial charge is 0.274 e. The van der Waals surface area contributed by atoms with Gasteiger partial charge < -0.3 is 14.4 Å². The van der Waals surface area contributed by atoms with Crippen molar-refractivity contribution >= 4 is 5.91 Å². The fourth-order valence-electron chi connectivity index (χ4n) is 3.37. The first-order valence-electron chi connectivity index (χ1n) is 9.21. The predicted octanol–water partition coefficient (Wildman–Crippen LogP) is 3.15. The van der Waals surface area contributed by atoms with E-state index in [9.17, 15) is 4.79 Å². The van der Waals surface area contributed by atoms with Gasteiger partial charge in [-0.3, -0.25) is 9.48 Å². The number of carbonyl (C=O) groups is 1. The number of aromatic nitrogens is 2. The van der Waals surface area contributed by atoms with E-state index in [0.717, 1.165) is 43.1 Å². The summed E-state index contributed by atoms with van der Waals surface area (Å²) in [4.78, 5) is 14.7. The van der Waals surface area contributed by atoms with Crippen LogP contribution in [0.4, 0.5) is 0 Å². The summed E-state index contributed by atoms with van der Waals surface area (Å²) in [5, 5.41) is 4.42. The lowest BCUT2D eigenvalue weighted by atomic mass is 9.98. The van der Waals surface area contributed by atoms with E-state index in [4.69, 9.17) is 9.47 Å². The van der Waals surface area contributed by atoms with Crippen molar-refractivity contribution in [2.24, 2.45) is 5.92 Å². The van der Waals surface area contributed by atoms with Crippen molar-refractivity contribution in [2.45, 2.75) is 33.2 Å². The van der Waals surface area contributed by atoms with E-state index in [1.54, 1.807) is 7.11 Å². The molecular formula is C20H27N3O3. The average molecular weight is 357 g/mol. The van der Waals surface area contributed by atoms with E-state index in [1.807, 2.05) is 53.8 Å². The lowest BCUT2D eigenvalue weighted by Crippen LogP contribution is -2.41. The zero-order valence-corrected chi connectivity index (χ0v) is 15.8. The number of nitrogens with zero attached hydrogens (tertiary/aromatic N) is 3. The van der Waals surface area contributed by atoms with Crippen LogP contribution < -0.4 is 9.47 Å². The van der Waals surface area contributed by atoms with Crippen LogP contribution in [0.2, 0.25) is 0 Å². The van der Waals surface area contributed by atoms with Gasteiger partial charge in [-0.05, 0) is 57.0 Å². The molecule has 1 saturated heterocycles. The summed E-state index contributed by atoms with van der Waals surface area (Å²) in [5.74, 6) is 2.00. The zero-order chi connectivity index (χ0) is 18.5. The van der Waals surface area contributed by atoms with Gasteiger partial charge in [0.2, 0.25) is 0 Å². The van der Waals surface area contributed by atoms with Crippen molar-refractivity contribution in [3.05, 3.63) is 41.7 Å². The molecule has 0 unspecified atom stereocenters. The summed E-state index contributed by atoms with van der Waals surface area (Å²) < 4.78 is 12.9. The van der Waals surface area contributed by atoms with Crippen LogP contribution in [-0.2, 0) is 6.54 Å². The molecule has 0 saturated carbocycles. The van der Waals surface area contributed by atoms with Gasteiger partial charge in [0.25, 0.3) is 5.91 Å². The van der Waals surface area contributed by atoms with Crippen molar-refractivity contribution in [1.82, 2.24) is 14.7 Å². The normalized spacial score (nSPS) is 17.2. The minimum absolute atomic E-state index is 0.0226. The van der Waals surface area contributed by atoms with E-state index >= 15 is 0 Å². The molecule has 140 valence electrons. The molecule has 6 heteroatoms. The van der Waals surface area contributed by atoms with Gasteiger partial charge in [0.15, 0.2) is 5.69 Å². The Balaban J connectivity index is 1.56. The van der Waals surface area contributed by atoms with E-state index < -0.39 is 0 Å². The van der Waals surface area contributed by atoms with Gasteiger partial charge in [0.1, 0.15) is 11.5 Å². The largest absolute Gasteiger partial charge is 0.497 e. The van der Waals surface area contributed by atoms with Crippen LogP contribution in [0, 0.1) is 12.8 Å². The molecule has 1 aromatic heterocycles.